The molecule has 0 N–H and O–H groups in total. The summed E-state index contributed by atoms with van der Waals surface area (Å²) in [5.74, 6) is 0. The maximum absolute atomic E-state index is 5.03. The number of hydrogen-bond donors (Lipinski definition) is 0. The second kappa shape index (κ2) is 1.66. The van der Waals surface area contributed by atoms with E-state index in [4.69, 9.17) is 9.19 Å². The van der Waals surface area contributed by atoms with Crippen molar-refractivity contribution in [2.45, 2.75) is 14.6 Å². The molecule has 0 saturated heterocycles. The van der Waals surface area contributed by atoms with Crippen LogP contribution in [0.2, 0.25) is 14.6 Å². The fraction of sp³-hybridized carbons (Fsp3) is 1.00. The first-order valence-corrected chi connectivity index (χ1v) is 12.7. The van der Waals surface area contributed by atoms with Gasteiger partial charge in [-0.2, -0.15) is 0 Å². The van der Waals surface area contributed by atoms with E-state index in [1.807, 2.05) is 0 Å². The van der Waals surface area contributed by atoms with Gasteiger partial charge in [-0.1, -0.05) is 0 Å². The van der Waals surface area contributed by atoms with Crippen LogP contribution in [0.1, 0.15) is 0 Å². The number of hydrogen-bond acceptors (Lipinski definition) is 1. The van der Waals surface area contributed by atoms with Crippen LogP contribution in [-0.2, 0) is 0 Å². The van der Waals surface area contributed by atoms with Gasteiger partial charge in [-0.3, -0.25) is 0 Å². The molecule has 0 saturated carbocycles. The first-order chi connectivity index (χ1) is 2.00. The molecule has 0 fully saturated rings. The van der Waals surface area contributed by atoms with Gasteiger partial charge in [0.25, 0.3) is 0 Å². The minimum absolute atomic E-state index is 1.52. The van der Waals surface area contributed by atoms with E-state index < -0.39 is 16.8 Å². The molecule has 0 atom stereocenters. The van der Waals surface area contributed by atoms with Crippen LogP contribution in [0.3, 0.4) is 0 Å². The van der Waals surface area contributed by atoms with E-state index in [-0.39, 0.29) is 0 Å². The van der Waals surface area contributed by atoms with Crippen molar-refractivity contribution in [3.8, 4) is 0 Å². The summed E-state index contributed by atoms with van der Waals surface area (Å²) in [6.45, 7) is 0. The summed E-state index contributed by atoms with van der Waals surface area (Å²) in [5, 5.41) is 0. The quantitative estimate of drug-likeness (QED) is 0.537. The molecule has 2 heteroatoms. The van der Waals surface area contributed by atoms with E-state index in [9.17, 15) is 0 Å². The topological polar surface area (TPSA) is 0 Å². The Balaban J connectivity index is 3.47. The van der Waals surface area contributed by atoms with Crippen molar-refractivity contribution in [2.75, 3.05) is 0 Å². The minimum atomic E-state index is -1.52. The van der Waals surface area contributed by atoms with Crippen molar-refractivity contribution in [1.29, 1.82) is 0 Å². The van der Waals surface area contributed by atoms with Crippen molar-refractivity contribution < 1.29 is 0 Å². The molecule has 0 aromatic rings. The monoisotopic (exact) mass is 198 g/mol. The molecule has 0 amide bonds. The molecule has 0 heterocycles. The maximum atomic E-state index is 5.03. The van der Waals surface area contributed by atoms with Gasteiger partial charge >= 0.3 is 40.6 Å². The van der Waals surface area contributed by atoms with Crippen LogP contribution in [-0.4, -0.2) is 16.8 Å². The average Bonchev–Trinajstić information content (AvgIpc) is 0.722. The van der Waals surface area contributed by atoms with Gasteiger partial charge in [-0.25, -0.2) is 0 Å². The molecule has 32 valence electrons. The van der Waals surface area contributed by atoms with Crippen molar-refractivity contribution >= 4 is 26.0 Å². The zero-order chi connectivity index (χ0) is 4.50. The summed E-state index contributed by atoms with van der Waals surface area (Å²) in [5.41, 5.74) is 0. The molecule has 0 aliphatic heterocycles. The zero-order valence-electron chi connectivity index (χ0n) is 3.86. The molecule has 0 aromatic carbocycles. The van der Waals surface area contributed by atoms with Gasteiger partial charge in [-0.15, -0.1) is 0 Å². The standard InChI is InChI=1S/3CH3.S.Sb/h3*1H3;;. The molecule has 0 bridgehead atoms. The predicted octanol–water partition coefficient (Wildman–Crippen LogP) is 2.02. The molecule has 0 radical (unpaired) electrons. The van der Waals surface area contributed by atoms with Crippen LogP contribution >= 0.6 is 9.19 Å². The summed E-state index contributed by atoms with van der Waals surface area (Å²) in [7, 11) is 5.03. The van der Waals surface area contributed by atoms with E-state index in [2.05, 4.69) is 14.6 Å². The third-order valence-electron chi connectivity index (χ3n) is 0. The van der Waals surface area contributed by atoms with Crippen molar-refractivity contribution in [2.24, 2.45) is 0 Å². The second-order valence-corrected chi connectivity index (χ2v) is 20.0. The Morgan fingerprint density at radius 2 is 1.20 bits per heavy atom. The third kappa shape index (κ3) is 43.1. The second-order valence-electron chi connectivity index (χ2n) is 1.89. The van der Waals surface area contributed by atoms with Crippen LogP contribution in [0.5, 0.6) is 0 Å². The molecule has 0 spiro atoms. The Morgan fingerprint density at radius 3 is 1.20 bits per heavy atom. The first-order valence-electron chi connectivity index (χ1n) is 1.52. The summed E-state index contributed by atoms with van der Waals surface area (Å²) in [6.07, 6.45) is 0. The zero-order valence-corrected chi connectivity index (χ0v) is 7.22. The van der Waals surface area contributed by atoms with Crippen LogP contribution in [0.4, 0.5) is 0 Å². The van der Waals surface area contributed by atoms with E-state index >= 15 is 0 Å². The van der Waals surface area contributed by atoms with Crippen LogP contribution in [0.25, 0.3) is 0 Å². The Labute approximate surface area is 40.7 Å². The predicted molar refractivity (Wildman–Crippen MR) is 30.9 cm³/mol. The summed E-state index contributed by atoms with van der Waals surface area (Å²) < 4.78 is 0. The van der Waals surface area contributed by atoms with Gasteiger partial charge in [0, 0.05) is 0 Å². The van der Waals surface area contributed by atoms with Crippen molar-refractivity contribution in [1.82, 2.24) is 0 Å². The fourth-order valence-electron chi connectivity index (χ4n) is 0. The Kier molecular flexibility index (Phi) is 2.00. The molecular formula is C3H9SSb. The SMILES string of the molecule is [CH3][Sb]([CH3])([CH3])=[S]. The normalized spacial score (nSPS) is 11.8. The molecule has 5 heavy (non-hydrogen) atoms. The first kappa shape index (κ1) is 6.04. The van der Waals surface area contributed by atoms with Crippen LogP contribution < -0.4 is 0 Å². The van der Waals surface area contributed by atoms with Crippen molar-refractivity contribution in [3.05, 3.63) is 0 Å². The van der Waals surface area contributed by atoms with Gasteiger partial charge in [0.15, 0.2) is 0 Å². The number of rotatable bonds is 0. The Hall–Kier alpha value is 1.04. The van der Waals surface area contributed by atoms with Gasteiger partial charge in [0.2, 0.25) is 0 Å². The van der Waals surface area contributed by atoms with E-state index in [1.54, 1.807) is 0 Å². The van der Waals surface area contributed by atoms with Gasteiger partial charge in [0.1, 0.15) is 0 Å². The van der Waals surface area contributed by atoms with Crippen molar-refractivity contribution in [3.63, 3.8) is 0 Å². The van der Waals surface area contributed by atoms with Gasteiger partial charge in [0.05, 0.1) is 0 Å². The molecule has 0 aliphatic rings. The summed E-state index contributed by atoms with van der Waals surface area (Å²) in [4.78, 5) is 6.61. The third-order valence-corrected chi connectivity index (χ3v) is 0. The van der Waals surface area contributed by atoms with E-state index in [0.29, 0.717) is 0 Å². The van der Waals surface area contributed by atoms with Gasteiger partial charge < -0.3 is 0 Å². The summed E-state index contributed by atoms with van der Waals surface area (Å²) >= 11 is -1.52. The van der Waals surface area contributed by atoms with E-state index in [1.165, 1.54) is 0 Å². The van der Waals surface area contributed by atoms with E-state index in [0.717, 1.165) is 0 Å². The molecule has 0 aliphatic carbocycles. The fourth-order valence-corrected chi connectivity index (χ4v) is 0. The molecule has 0 unspecified atom stereocenters. The molecular weight excluding hydrogens is 190 g/mol. The molecule has 0 rings (SSSR count). The van der Waals surface area contributed by atoms with Crippen LogP contribution in [0.15, 0.2) is 0 Å². The van der Waals surface area contributed by atoms with Crippen LogP contribution in [0, 0.1) is 0 Å². The molecule has 0 aromatic heterocycles. The summed E-state index contributed by atoms with van der Waals surface area (Å²) in [6, 6.07) is 0. The Bertz CT molecular complexity index is 53.0. The molecule has 0 nitrogen and oxygen atoms in total. The average molecular weight is 199 g/mol. The van der Waals surface area contributed by atoms with Gasteiger partial charge in [-0.05, 0) is 0 Å². The Morgan fingerprint density at radius 1 is 1.20 bits per heavy atom.